The number of hydrogen-bond acceptors (Lipinski definition) is 2. The lowest BCUT2D eigenvalue weighted by molar-refractivity contribution is -0.0676. The van der Waals surface area contributed by atoms with Crippen molar-refractivity contribution in [3.63, 3.8) is 0 Å². The molecular weight excluding hydrogens is 224 g/mol. The molecule has 0 aromatic rings. The minimum atomic E-state index is -0.229. The zero-order valence-corrected chi connectivity index (χ0v) is 12.3. The molecule has 0 heterocycles. The van der Waals surface area contributed by atoms with Crippen molar-refractivity contribution < 1.29 is 9.84 Å². The van der Waals surface area contributed by atoms with E-state index in [0.29, 0.717) is 24.0 Å². The maximum absolute atomic E-state index is 10.2. The molecule has 0 aromatic heterocycles. The lowest BCUT2D eigenvalue weighted by atomic mass is 9.71. The Morgan fingerprint density at radius 3 is 2.50 bits per heavy atom. The monoisotopic (exact) mass is 254 g/mol. The van der Waals surface area contributed by atoms with E-state index in [9.17, 15) is 5.11 Å². The van der Waals surface area contributed by atoms with Crippen LogP contribution in [-0.4, -0.2) is 23.9 Å². The molecule has 0 aromatic carbocycles. The summed E-state index contributed by atoms with van der Waals surface area (Å²) >= 11 is 0. The summed E-state index contributed by atoms with van der Waals surface area (Å²) in [5.74, 6) is 1.25. The van der Waals surface area contributed by atoms with Crippen LogP contribution in [0.25, 0.3) is 0 Å². The van der Waals surface area contributed by atoms with Gasteiger partial charge in [-0.1, -0.05) is 33.6 Å². The van der Waals surface area contributed by atoms with Gasteiger partial charge < -0.3 is 9.84 Å². The Balaban J connectivity index is 1.75. The number of rotatable bonds is 4. The molecule has 0 saturated heterocycles. The van der Waals surface area contributed by atoms with E-state index in [2.05, 4.69) is 20.8 Å². The van der Waals surface area contributed by atoms with Gasteiger partial charge in [0.2, 0.25) is 0 Å². The fourth-order valence-corrected chi connectivity index (χ4v) is 4.10. The molecule has 2 saturated carbocycles. The van der Waals surface area contributed by atoms with E-state index in [1.807, 2.05) is 0 Å². The third kappa shape index (κ3) is 3.96. The largest absolute Gasteiger partial charge is 0.390 e. The number of hydrogen-bond donors (Lipinski definition) is 1. The van der Waals surface area contributed by atoms with Crippen LogP contribution in [0, 0.1) is 17.3 Å². The molecule has 0 bridgehead atoms. The van der Waals surface area contributed by atoms with Crippen molar-refractivity contribution in [2.75, 3.05) is 6.61 Å². The van der Waals surface area contributed by atoms with E-state index in [-0.39, 0.29) is 6.10 Å². The molecule has 0 spiro atoms. The molecule has 0 aliphatic heterocycles. The van der Waals surface area contributed by atoms with Crippen LogP contribution in [0.2, 0.25) is 0 Å². The van der Waals surface area contributed by atoms with Crippen molar-refractivity contribution in [1.82, 2.24) is 0 Å². The molecule has 3 atom stereocenters. The van der Waals surface area contributed by atoms with Crippen molar-refractivity contribution in [3.05, 3.63) is 0 Å². The van der Waals surface area contributed by atoms with Crippen LogP contribution in [0.4, 0.5) is 0 Å². The summed E-state index contributed by atoms with van der Waals surface area (Å²) in [5.41, 5.74) is 0.403. The second-order valence-corrected chi connectivity index (χ2v) is 7.48. The Morgan fingerprint density at radius 2 is 1.89 bits per heavy atom. The maximum atomic E-state index is 10.2. The predicted octanol–water partition coefficient (Wildman–Crippen LogP) is 3.77. The van der Waals surface area contributed by atoms with Gasteiger partial charge in [-0.2, -0.15) is 0 Å². The lowest BCUT2D eigenvalue weighted by Gasteiger charge is -2.39. The van der Waals surface area contributed by atoms with Gasteiger partial charge in [0.15, 0.2) is 0 Å². The highest BCUT2D eigenvalue weighted by Gasteiger charge is 2.33. The molecule has 106 valence electrons. The first kappa shape index (κ1) is 14.3. The molecule has 2 aliphatic carbocycles. The topological polar surface area (TPSA) is 29.5 Å². The van der Waals surface area contributed by atoms with E-state index >= 15 is 0 Å². The van der Waals surface area contributed by atoms with Gasteiger partial charge in [-0.05, 0) is 49.4 Å². The highest BCUT2D eigenvalue weighted by molar-refractivity contribution is 4.84. The fourth-order valence-electron chi connectivity index (χ4n) is 4.10. The quantitative estimate of drug-likeness (QED) is 0.827. The van der Waals surface area contributed by atoms with Crippen molar-refractivity contribution in [2.45, 2.75) is 77.9 Å². The second-order valence-electron chi connectivity index (χ2n) is 7.48. The standard InChI is InChI=1S/C16H30O2/c1-12-8-14(10-16(2,3)9-12)18-11-15(17)13-6-4-5-7-13/h12-15,17H,4-11H2,1-3H3. The fraction of sp³-hybridized carbons (Fsp3) is 1.00. The van der Waals surface area contributed by atoms with E-state index in [4.69, 9.17) is 4.74 Å². The average molecular weight is 254 g/mol. The molecule has 2 fully saturated rings. The summed E-state index contributed by atoms with van der Waals surface area (Å²) < 4.78 is 6.01. The van der Waals surface area contributed by atoms with Gasteiger partial charge in [-0.15, -0.1) is 0 Å². The molecule has 2 aliphatic rings. The normalized spacial score (nSPS) is 34.7. The third-order valence-corrected chi connectivity index (χ3v) is 4.79. The average Bonchev–Trinajstić information content (AvgIpc) is 2.76. The zero-order chi connectivity index (χ0) is 13.2. The Kier molecular flexibility index (Phi) is 4.71. The molecule has 0 amide bonds. The van der Waals surface area contributed by atoms with Gasteiger partial charge in [0.25, 0.3) is 0 Å². The number of aliphatic hydroxyl groups excluding tert-OH is 1. The van der Waals surface area contributed by atoms with Crippen molar-refractivity contribution >= 4 is 0 Å². The minimum absolute atomic E-state index is 0.229. The highest BCUT2D eigenvalue weighted by atomic mass is 16.5. The van der Waals surface area contributed by atoms with Gasteiger partial charge >= 0.3 is 0 Å². The smallest absolute Gasteiger partial charge is 0.0801 e. The molecule has 2 nitrogen and oxygen atoms in total. The van der Waals surface area contributed by atoms with E-state index in [1.165, 1.54) is 38.5 Å². The Bertz CT molecular complexity index is 256. The zero-order valence-electron chi connectivity index (χ0n) is 12.3. The van der Waals surface area contributed by atoms with Crippen LogP contribution < -0.4 is 0 Å². The summed E-state index contributed by atoms with van der Waals surface area (Å²) in [4.78, 5) is 0. The summed E-state index contributed by atoms with van der Waals surface area (Å²) in [5, 5.41) is 10.2. The molecular formula is C16H30O2. The molecule has 2 heteroatoms. The van der Waals surface area contributed by atoms with Gasteiger partial charge in [0.1, 0.15) is 0 Å². The SMILES string of the molecule is CC1CC(OCC(O)C2CCCC2)CC(C)(C)C1. The molecule has 3 unspecified atom stereocenters. The van der Waals surface area contributed by atoms with Gasteiger partial charge in [0.05, 0.1) is 18.8 Å². The Morgan fingerprint density at radius 1 is 1.22 bits per heavy atom. The van der Waals surface area contributed by atoms with Crippen molar-refractivity contribution in [3.8, 4) is 0 Å². The minimum Gasteiger partial charge on any atom is -0.390 e. The van der Waals surface area contributed by atoms with E-state index in [0.717, 1.165) is 12.3 Å². The van der Waals surface area contributed by atoms with Crippen LogP contribution in [-0.2, 0) is 4.74 Å². The summed E-state index contributed by atoms with van der Waals surface area (Å²) in [6.45, 7) is 7.56. The Labute approximate surface area is 112 Å². The maximum Gasteiger partial charge on any atom is 0.0801 e. The van der Waals surface area contributed by atoms with Crippen molar-refractivity contribution in [2.24, 2.45) is 17.3 Å². The Hall–Kier alpha value is -0.0800. The first-order chi connectivity index (χ1) is 8.46. The van der Waals surface area contributed by atoms with Crippen LogP contribution in [0.1, 0.15) is 65.7 Å². The lowest BCUT2D eigenvalue weighted by Crippen LogP contribution is -2.35. The van der Waals surface area contributed by atoms with Crippen molar-refractivity contribution in [1.29, 1.82) is 0 Å². The number of ether oxygens (including phenoxy) is 1. The molecule has 18 heavy (non-hydrogen) atoms. The molecule has 1 N–H and O–H groups in total. The first-order valence-corrected chi connectivity index (χ1v) is 7.76. The summed E-state index contributed by atoms with van der Waals surface area (Å²) in [7, 11) is 0. The van der Waals surface area contributed by atoms with E-state index in [1.54, 1.807) is 0 Å². The van der Waals surface area contributed by atoms with Crippen LogP contribution >= 0.6 is 0 Å². The van der Waals surface area contributed by atoms with Crippen LogP contribution in [0.3, 0.4) is 0 Å². The second kappa shape index (κ2) is 5.92. The summed E-state index contributed by atoms with van der Waals surface area (Å²) in [6, 6.07) is 0. The molecule has 2 rings (SSSR count). The van der Waals surface area contributed by atoms with Crippen LogP contribution in [0.15, 0.2) is 0 Å². The highest BCUT2D eigenvalue weighted by Crippen LogP contribution is 2.40. The van der Waals surface area contributed by atoms with Gasteiger partial charge in [0, 0.05) is 0 Å². The van der Waals surface area contributed by atoms with Crippen LogP contribution in [0.5, 0.6) is 0 Å². The summed E-state index contributed by atoms with van der Waals surface area (Å²) in [6.07, 6.45) is 8.71. The van der Waals surface area contributed by atoms with Gasteiger partial charge in [-0.25, -0.2) is 0 Å². The first-order valence-electron chi connectivity index (χ1n) is 7.76. The van der Waals surface area contributed by atoms with Gasteiger partial charge in [-0.3, -0.25) is 0 Å². The number of aliphatic hydroxyl groups is 1. The van der Waals surface area contributed by atoms with E-state index < -0.39 is 0 Å². The third-order valence-electron chi connectivity index (χ3n) is 4.79. The predicted molar refractivity (Wildman–Crippen MR) is 74.5 cm³/mol. The molecule has 0 radical (unpaired) electrons.